The van der Waals surface area contributed by atoms with Crippen molar-refractivity contribution in [2.24, 2.45) is 4.99 Å². The first-order valence-corrected chi connectivity index (χ1v) is 8.01. The molecule has 6 heteroatoms. The van der Waals surface area contributed by atoms with E-state index in [4.69, 9.17) is 16.3 Å². The maximum absolute atomic E-state index is 9.69. The Morgan fingerprint density at radius 2 is 2.41 bits per heavy atom. The van der Waals surface area contributed by atoms with Crippen LogP contribution in [0.4, 0.5) is 0 Å². The zero-order chi connectivity index (χ0) is 15.9. The lowest BCUT2D eigenvalue weighted by atomic mass is 10.1. The Labute approximate surface area is 136 Å². The lowest BCUT2D eigenvalue weighted by molar-refractivity contribution is 0.110. The fraction of sp³-hybridized carbons (Fsp3) is 0.562. The van der Waals surface area contributed by atoms with Gasteiger partial charge < -0.3 is 20.1 Å². The van der Waals surface area contributed by atoms with Gasteiger partial charge in [0.25, 0.3) is 0 Å². The van der Waals surface area contributed by atoms with Crippen LogP contribution in [0.2, 0.25) is 5.02 Å². The normalized spacial score (nSPS) is 20.3. The van der Waals surface area contributed by atoms with E-state index >= 15 is 0 Å². The van der Waals surface area contributed by atoms with Gasteiger partial charge in [0.1, 0.15) is 6.10 Å². The highest BCUT2D eigenvalue weighted by Gasteiger charge is 2.23. The third-order valence-electron chi connectivity index (χ3n) is 3.71. The van der Waals surface area contributed by atoms with Crippen molar-refractivity contribution in [2.45, 2.75) is 25.6 Å². The average molecular weight is 326 g/mol. The number of aliphatic imine (C=N–C) groups is 1. The van der Waals surface area contributed by atoms with Crippen LogP contribution in [0.3, 0.4) is 0 Å². The lowest BCUT2D eigenvalue weighted by Gasteiger charge is -2.22. The number of benzene rings is 1. The number of hydrogen-bond acceptors (Lipinski definition) is 3. The van der Waals surface area contributed by atoms with Crippen LogP contribution >= 0.6 is 11.6 Å². The molecule has 1 saturated heterocycles. The second-order valence-corrected chi connectivity index (χ2v) is 5.80. The van der Waals surface area contributed by atoms with Crippen molar-refractivity contribution >= 4 is 17.6 Å². The van der Waals surface area contributed by atoms with E-state index in [2.05, 4.69) is 15.2 Å². The molecule has 1 fully saturated rings. The first-order valence-electron chi connectivity index (χ1n) is 7.63. The van der Waals surface area contributed by atoms with Crippen molar-refractivity contribution in [1.82, 2.24) is 10.2 Å². The summed E-state index contributed by atoms with van der Waals surface area (Å²) in [7, 11) is 1.67. The van der Waals surface area contributed by atoms with Gasteiger partial charge >= 0.3 is 0 Å². The summed E-state index contributed by atoms with van der Waals surface area (Å²) in [6.45, 7) is 4.78. The molecule has 1 heterocycles. The van der Waals surface area contributed by atoms with Crippen molar-refractivity contribution in [3.8, 4) is 0 Å². The molecule has 1 aliphatic heterocycles. The van der Waals surface area contributed by atoms with Gasteiger partial charge in [-0.15, -0.1) is 0 Å². The quantitative estimate of drug-likeness (QED) is 0.642. The van der Waals surface area contributed by atoms with E-state index in [9.17, 15) is 5.11 Å². The molecule has 2 atom stereocenters. The summed E-state index contributed by atoms with van der Waals surface area (Å²) in [6.07, 6.45) is 0.377. The Bertz CT molecular complexity index is 510. The third kappa shape index (κ3) is 4.60. The number of rotatable bonds is 5. The summed E-state index contributed by atoms with van der Waals surface area (Å²) in [4.78, 5) is 6.74. The molecule has 0 aliphatic carbocycles. The molecule has 1 unspecified atom stereocenters. The topological polar surface area (TPSA) is 57.1 Å². The van der Waals surface area contributed by atoms with Crippen LogP contribution in [0, 0.1) is 0 Å². The van der Waals surface area contributed by atoms with Crippen LogP contribution in [-0.2, 0) is 4.74 Å². The maximum Gasteiger partial charge on any atom is 0.194 e. The van der Waals surface area contributed by atoms with Crippen LogP contribution in [0.5, 0.6) is 0 Å². The number of hydrogen-bond donors (Lipinski definition) is 2. The largest absolute Gasteiger partial charge is 0.391 e. The van der Waals surface area contributed by atoms with Gasteiger partial charge in [0.05, 0.1) is 12.6 Å². The van der Waals surface area contributed by atoms with Crippen LogP contribution in [0.1, 0.15) is 25.0 Å². The number of ether oxygens (including phenoxy) is 1. The van der Waals surface area contributed by atoms with E-state index in [1.54, 1.807) is 7.11 Å². The Kier molecular flexibility index (Phi) is 6.49. The van der Waals surface area contributed by atoms with Gasteiger partial charge in [-0.1, -0.05) is 23.7 Å². The van der Waals surface area contributed by atoms with E-state index in [1.807, 2.05) is 31.2 Å². The fourth-order valence-electron chi connectivity index (χ4n) is 2.55. The molecule has 0 bridgehead atoms. The van der Waals surface area contributed by atoms with Gasteiger partial charge in [0.2, 0.25) is 0 Å². The number of β-amino-alcohol motifs (C(OH)–C–C–N with tert-alkyl or cyclic N) is 1. The Morgan fingerprint density at radius 1 is 1.59 bits per heavy atom. The predicted octanol–water partition coefficient (Wildman–Crippen LogP) is 2.06. The average Bonchev–Trinajstić information content (AvgIpc) is 2.93. The van der Waals surface area contributed by atoms with E-state index in [-0.39, 0.29) is 12.2 Å². The number of nitrogens with zero attached hydrogens (tertiary/aromatic N) is 2. The lowest BCUT2D eigenvalue weighted by Crippen LogP contribution is -2.40. The molecule has 5 nitrogen and oxygen atoms in total. The minimum absolute atomic E-state index is 0.139. The summed E-state index contributed by atoms with van der Waals surface area (Å²) >= 11 is 6.04. The molecule has 122 valence electrons. The maximum atomic E-state index is 9.69. The molecule has 0 radical (unpaired) electrons. The summed E-state index contributed by atoms with van der Waals surface area (Å²) in [5.41, 5.74) is 1.01. The molecule has 2 N–H and O–H groups in total. The summed E-state index contributed by atoms with van der Waals surface area (Å²) in [6, 6.07) is 7.64. The number of guanidine groups is 1. The highest BCUT2D eigenvalue weighted by atomic mass is 35.5. The van der Waals surface area contributed by atoms with Crippen LogP contribution in [0.25, 0.3) is 0 Å². The molecular formula is C16H24ClN3O2. The minimum atomic E-state index is -0.269. The zero-order valence-electron chi connectivity index (χ0n) is 13.1. The first-order chi connectivity index (χ1) is 10.6. The number of halogens is 1. The smallest absolute Gasteiger partial charge is 0.194 e. The molecule has 0 spiro atoms. The number of aliphatic hydroxyl groups is 1. The zero-order valence-corrected chi connectivity index (χ0v) is 13.9. The van der Waals surface area contributed by atoms with E-state index < -0.39 is 0 Å². The number of likely N-dealkylation sites (tertiary alicyclic amines) is 1. The molecule has 1 aromatic rings. The first kappa shape index (κ1) is 17.1. The number of aliphatic hydroxyl groups excluding tert-OH is 1. The second-order valence-electron chi connectivity index (χ2n) is 5.36. The number of nitrogens with one attached hydrogen (secondary N) is 1. The van der Waals surface area contributed by atoms with Crippen molar-refractivity contribution in [2.75, 3.05) is 33.3 Å². The van der Waals surface area contributed by atoms with E-state index in [1.165, 1.54) is 0 Å². The van der Waals surface area contributed by atoms with Crippen LogP contribution in [0.15, 0.2) is 29.3 Å². The molecule has 0 amide bonds. The molecule has 2 rings (SSSR count). The van der Waals surface area contributed by atoms with Gasteiger partial charge in [-0.05, 0) is 31.0 Å². The Hall–Kier alpha value is -1.30. The molecular weight excluding hydrogens is 302 g/mol. The summed E-state index contributed by atoms with van der Waals surface area (Å²) in [5.74, 6) is 0.822. The molecule has 22 heavy (non-hydrogen) atoms. The van der Waals surface area contributed by atoms with Crippen LogP contribution < -0.4 is 5.32 Å². The van der Waals surface area contributed by atoms with Crippen molar-refractivity contribution in [3.63, 3.8) is 0 Å². The van der Waals surface area contributed by atoms with Crippen LogP contribution in [-0.4, -0.2) is 55.4 Å². The Morgan fingerprint density at radius 3 is 3.00 bits per heavy atom. The summed E-state index contributed by atoms with van der Waals surface area (Å²) < 4.78 is 5.54. The van der Waals surface area contributed by atoms with Gasteiger partial charge in [0.15, 0.2) is 5.96 Å². The molecule has 0 saturated carbocycles. The summed E-state index contributed by atoms with van der Waals surface area (Å²) in [5, 5.41) is 13.6. The monoisotopic (exact) mass is 325 g/mol. The molecule has 0 aromatic heterocycles. The standard InChI is InChI=1S/C16H24ClN3O2/c1-3-18-16(20-8-7-14(21)11-20)19-10-15(22-2)12-5-4-6-13(17)9-12/h4-6,9,14-15,21H,3,7-8,10-11H2,1-2H3,(H,18,19)/t14-,15?/m1/s1. The van der Waals surface area contributed by atoms with Crippen molar-refractivity contribution in [3.05, 3.63) is 34.9 Å². The number of methoxy groups -OCH3 is 1. The SMILES string of the molecule is CCNC(=NCC(OC)c1cccc(Cl)c1)N1CC[C@@H](O)C1. The van der Waals surface area contributed by atoms with E-state index in [0.29, 0.717) is 18.1 Å². The fourth-order valence-corrected chi connectivity index (χ4v) is 2.75. The highest BCUT2D eigenvalue weighted by Crippen LogP contribution is 2.21. The van der Waals surface area contributed by atoms with Gasteiger partial charge in [-0.2, -0.15) is 0 Å². The van der Waals surface area contributed by atoms with Crippen molar-refractivity contribution < 1.29 is 9.84 Å². The highest BCUT2D eigenvalue weighted by molar-refractivity contribution is 6.30. The van der Waals surface area contributed by atoms with E-state index in [0.717, 1.165) is 31.0 Å². The van der Waals surface area contributed by atoms with Gasteiger partial charge in [-0.25, -0.2) is 0 Å². The Balaban J connectivity index is 2.07. The van der Waals surface area contributed by atoms with Gasteiger partial charge in [0, 0.05) is 31.8 Å². The van der Waals surface area contributed by atoms with Crippen molar-refractivity contribution in [1.29, 1.82) is 0 Å². The van der Waals surface area contributed by atoms with Gasteiger partial charge in [-0.3, -0.25) is 4.99 Å². The molecule has 1 aromatic carbocycles. The third-order valence-corrected chi connectivity index (χ3v) is 3.94. The second kappa shape index (κ2) is 8.36. The minimum Gasteiger partial charge on any atom is -0.391 e. The predicted molar refractivity (Wildman–Crippen MR) is 89.4 cm³/mol. The molecule has 1 aliphatic rings.